The van der Waals surface area contributed by atoms with E-state index in [4.69, 9.17) is 9.97 Å². The van der Waals surface area contributed by atoms with E-state index < -0.39 is 0 Å². The van der Waals surface area contributed by atoms with Gasteiger partial charge in [-0.1, -0.05) is 111 Å². The predicted molar refractivity (Wildman–Crippen MR) is 173 cm³/mol. The predicted octanol–water partition coefficient (Wildman–Crippen LogP) is 9.83. The molecule has 3 nitrogen and oxygen atoms in total. The highest BCUT2D eigenvalue weighted by Crippen LogP contribution is 2.50. The van der Waals surface area contributed by atoms with Crippen LogP contribution < -0.4 is 0 Å². The molecular weight excluding hydrogens is 510 g/mol. The normalized spacial score (nSPS) is 14.1. The van der Waals surface area contributed by atoms with Gasteiger partial charge in [0.05, 0.1) is 22.2 Å². The summed E-state index contributed by atoms with van der Waals surface area (Å²) in [7, 11) is 0. The summed E-state index contributed by atoms with van der Waals surface area (Å²) in [6.45, 7) is 4.62. The molecule has 3 heteroatoms. The lowest BCUT2D eigenvalue weighted by atomic mass is 9.70. The zero-order valence-corrected chi connectivity index (χ0v) is 23.3. The largest absolute Gasteiger partial charge is 0.278 e. The molecule has 0 radical (unpaired) electrons. The monoisotopic (exact) mass is 535 g/mol. The van der Waals surface area contributed by atoms with Crippen LogP contribution >= 0.6 is 0 Å². The van der Waals surface area contributed by atoms with Gasteiger partial charge >= 0.3 is 0 Å². The average molecular weight is 536 g/mol. The van der Waals surface area contributed by atoms with Crippen molar-refractivity contribution in [3.8, 4) is 39.5 Å². The van der Waals surface area contributed by atoms with Crippen LogP contribution in [0.5, 0.6) is 0 Å². The van der Waals surface area contributed by atoms with Gasteiger partial charge in [0.15, 0.2) is 0 Å². The molecule has 0 spiro atoms. The maximum atomic E-state index is 5.42. The molecule has 0 atom stereocenters. The fraction of sp³-hybridized carbons (Fsp3) is 0.0769. The molecule has 0 fully saturated rings. The van der Waals surface area contributed by atoms with Crippen LogP contribution in [0.25, 0.3) is 82.9 Å². The summed E-state index contributed by atoms with van der Waals surface area (Å²) in [5.74, 6) is 0.713. The van der Waals surface area contributed by atoms with Gasteiger partial charge in [-0.2, -0.15) is 0 Å². The minimum absolute atomic E-state index is 0.129. The Morgan fingerprint density at radius 1 is 0.476 bits per heavy atom. The van der Waals surface area contributed by atoms with Gasteiger partial charge in [0.25, 0.3) is 0 Å². The van der Waals surface area contributed by atoms with E-state index in [2.05, 4.69) is 134 Å². The van der Waals surface area contributed by atoms with Crippen LogP contribution in [0.15, 0.2) is 115 Å². The summed E-state index contributed by atoms with van der Waals surface area (Å²) in [5, 5.41) is 6.28. The molecule has 0 N–H and O–H groups in total. The number of aromatic nitrogens is 3. The Labute approximate surface area is 242 Å². The quantitative estimate of drug-likeness (QED) is 0.209. The van der Waals surface area contributed by atoms with Gasteiger partial charge in [-0.25, -0.2) is 9.97 Å². The van der Waals surface area contributed by atoms with E-state index in [0.29, 0.717) is 5.95 Å². The molecule has 8 aromatic rings. The smallest absolute Gasteiger partial charge is 0.235 e. The van der Waals surface area contributed by atoms with Crippen LogP contribution in [0.1, 0.15) is 25.0 Å². The molecule has 0 aliphatic heterocycles. The minimum atomic E-state index is -0.129. The van der Waals surface area contributed by atoms with Gasteiger partial charge in [-0.05, 0) is 62.4 Å². The third-order valence-corrected chi connectivity index (χ3v) is 9.74. The van der Waals surface area contributed by atoms with Crippen molar-refractivity contribution in [2.45, 2.75) is 19.3 Å². The molecule has 0 saturated heterocycles. The maximum Gasteiger partial charge on any atom is 0.235 e. The fourth-order valence-electron chi connectivity index (χ4n) is 7.93. The standard InChI is InChI=1S/C39H25N3/c1-39(2)28-17-4-3-12-27(28)37-36-29(39)18-9-19-30(36)40-38(41-37)42-31-20-7-15-25-23-13-5-10-22-11-6-14-24(33(22)23)26-16-8-21-32(42)35(26)34(25)31/h3-21H,1-2H3. The van der Waals surface area contributed by atoms with E-state index in [1.807, 2.05) is 0 Å². The van der Waals surface area contributed by atoms with Crippen LogP contribution in [-0.2, 0) is 5.41 Å². The summed E-state index contributed by atoms with van der Waals surface area (Å²) in [6, 6.07) is 42.0. The van der Waals surface area contributed by atoms with Gasteiger partial charge in [0.1, 0.15) is 0 Å². The number of rotatable bonds is 1. The lowest BCUT2D eigenvalue weighted by Crippen LogP contribution is -2.24. The molecule has 10 rings (SSSR count). The summed E-state index contributed by atoms with van der Waals surface area (Å²) < 4.78 is 2.29. The van der Waals surface area contributed by atoms with E-state index >= 15 is 0 Å². The second kappa shape index (κ2) is 7.51. The molecule has 42 heavy (non-hydrogen) atoms. The molecular formula is C39H25N3. The van der Waals surface area contributed by atoms with Crippen molar-refractivity contribution in [1.82, 2.24) is 14.5 Å². The van der Waals surface area contributed by atoms with Gasteiger partial charge in [-0.15, -0.1) is 0 Å². The molecule has 6 aromatic carbocycles. The number of benzene rings is 6. The van der Waals surface area contributed by atoms with Crippen LogP contribution in [0, 0.1) is 0 Å². The minimum Gasteiger partial charge on any atom is -0.278 e. The lowest BCUT2D eigenvalue weighted by Gasteiger charge is -2.34. The number of hydrogen-bond acceptors (Lipinski definition) is 2. The molecule has 2 aliphatic rings. The molecule has 0 saturated carbocycles. The van der Waals surface area contributed by atoms with E-state index in [9.17, 15) is 0 Å². The Bertz CT molecular complexity index is 2400. The van der Waals surface area contributed by atoms with Crippen molar-refractivity contribution < 1.29 is 0 Å². The lowest BCUT2D eigenvalue weighted by molar-refractivity contribution is 0.643. The Kier molecular flexibility index (Phi) is 4.01. The number of hydrogen-bond donors (Lipinski definition) is 0. The van der Waals surface area contributed by atoms with Crippen molar-refractivity contribution in [2.75, 3.05) is 0 Å². The van der Waals surface area contributed by atoms with Gasteiger partial charge < -0.3 is 0 Å². The first-order chi connectivity index (χ1) is 20.6. The Morgan fingerprint density at radius 3 is 1.71 bits per heavy atom. The Morgan fingerprint density at radius 2 is 1.02 bits per heavy atom. The van der Waals surface area contributed by atoms with Gasteiger partial charge in [0.2, 0.25) is 5.95 Å². The van der Waals surface area contributed by atoms with Crippen molar-refractivity contribution in [1.29, 1.82) is 0 Å². The third kappa shape index (κ3) is 2.58. The first-order valence-corrected chi connectivity index (χ1v) is 14.6. The van der Waals surface area contributed by atoms with Crippen LogP contribution in [-0.4, -0.2) is 14.5 Å². The summed E-state index contributed by atoms with van der Waals surface area (Å²) in [4.78, 5) is 10.7. The molecule has 0 bridgehead atoms. The molecule has 2 aromatic heterocycles. The van der Waals surface area contributed by atoms with Crippen LogP contribution in [0.4, 0.5) is 0 Å². The van der Waals surface area contributed by atoms with Crippen molar-refractivity contribution in [3.05, 3.63) is 126 Å². The summed E-state index contributed by atoms with van der Waals surface area (Å²) in [5.41, 5.74) is 13.0. The van der Waals surface area contributed by atoms with Gasteiger partial charge in [-0.3, -0.25) is 4.57 Å². The zero-order valence-electron chi connectivity index (χ0n) is 23.3. The first kappa shape index (κ1) is 22.4. The maximum absolute atomic E-state index is 5.42. The fourth-order valence-corrected chi connectivity index (χ4v) is 7.93. The van der Waals surface area contributed by atoms with E-state index in [0.717, 1.165) is 27.6 Å². The van der Waals surface area contributed by atoms with Crippen molar-refractivity contribution in [2.24, 2.45) is 0 Å². The molecule has 196 valence electrons. The summed E-state index contributed by atoms with van der Waals surface area (Å²) in [6.07, 6.45) is 0. The SMILES string of the molecule is CC1(C)c2ccccc2-c2nc(-n3c4cccc5c4c4c(cccc43)-c3cccc4cccc-5c34)nc3cccc1c23. The second-order valence-electron chi connectivity index (χ2n) is 12.2. The molecule has 0 amide bonds. The van der Waals surface area contributed by atoms with Crippen molar-refractivity contribution in [3.63, 3.8) is 0 Å². The Hall–Kier alpha value is -5.28. The second-order valence-corrected chi connectivity index (χ2v) is 12.2. The number of nitrogens with zero attached hydrogens (tertiary/aromatic N) is 3. The van der Waals surface area contributed by atoms with Crippen molar-refractivity contribution >= 4 is 43.5 Å². The van der Waals surface area contributed by atoms with Gasteiger partial charge in [0, 0.05) is 27.1 Å². The average Bonchev–Trinajstić information content (AvgIpc) is 3.31. The van der Waals surface area contributed by atoms with E-state index in [1.54, 1.807) is 0 Å². The first-order valence-electron chi connectivity index (χ1n) is 14.6. The Balaban J connectivity index is 1.38. The van der Waals surface area contributed by atoms with Crippen LogP contribution in [0.3, 0.4) is 0 Å². The topological polar surface area (TPSA) is 30.7 Å². The molecule has 2 heterocycles. The highest BCUT2D eigenvalue weighted by atomic mass is 15.2. The highest BCUT2D eigenvalue weighted by molar-refractivity contribution is 6.27. The molecule has 2 aliphatic carbocycles. The molecule has 0 unspecified atom stereocenters. The number of fused-ring (bicyclic) bond motifs is 4. The summed E-state index contributed by atoms with van der Waals surface area (Å²) >= 11 is 0. The third-order valence-electron chi connectivity index (χ3n) is 9.74. The van der Waals surface area contributed by atoms with Crippen LogP contribution in [0.2, 0.25) is 0 Å². The van der Waals surface area contributed by atoms with E-state index in [-0.39, 0.29) is 5.41 Å². The van der Waals surface area contributed by atoms with E-state index in [1.165, 1.54) is 60.5 Å². The highest BCUT2D eigenvalue weighted by Gasteiger charge is 2.35. The zero-order chi connectivity index (χ0) is 27.7.